The molecule has 0 aliphatic carbocycles. The van der Waals surface area contributed by atoms with Crippen LogP contribution in [0.3, 0.4) is 0 Å². The Labute approximate surface area is 244 Å². The van der Waals surface area contributed by atoms with Crippen LogP contribution in [0.25, 0.3) is 23.1 Å². The van der Waals surface area contributed by atoms with Crippen LogP contribution < -0.4 is 15.4 Å². The highest BCUT2D eigenvalue weighted by Crippen LogP contribution is 2.36. The average Bonchev–Trinajstić information content (AvgIpc) is 2.99. The molecule has 3 aliphatic rings. The first-order valence-electron chi connectivity index (χ1n) is 14.1. The zero-order valence-electron chi connectivity index (χ0n) is 23.7. The minimum atomic E-state index is -0.470. The summed E-state index contributed by atoms with van der Waals surface area (Å²) in [4.78, 5) is 17.2. The van der Waals surface area contributed by atoms with Gasteiger partial charge in [0.2, 0.25) is 0 Å². The van der Waals surface area contributed by atoms with Crippen molar-refractivity contribution in [2.75, 3.05) is 37.0 Å². The first-order valence-corrected chi connectivity index (χ1v) is 14.1. The smallest absolute Gasteiger partial charge is 0.343 e. The third kappa shape index (κ3) is 5.38. The summed E-state index contributed by atoms with van der Waals surface area (Å²) >= 11 is 0. The molecule has 3 aliphatic heterocycles. The van der Waals surface area contributed by atoms with Crippen molar-refractivity contribution in [3.8, 4) is 12.1 Å². The SMILES string of the molecule is CN(C)c1ccc2cc(/C=C/C3=CC(=C(C#N)C#N)C=C(/C=C/c4cc5c6c(c4)CCCN6CCC5)O3)c(=O)oc2c1. The second-order valence-electron chi connectivity index (χ2n) is 10.9. The van der Waals surface area contributed by atoms with Crippen LogP contribution >= 0.6 is 0 Å². The fourth-order valence-corrected chi connectivity index (χ4v) is 5.79. The lowest BCUT2D eigenvalue weighted by Gasteiger charge is -2.37. The summed E-state index contributed by atoms with van der Waals surface area (Å²) < 4.78 is 11.7. The monoisotopic (exact) mass is 554 g/mol. The molecule has 4 heterocycles. The van der Waals surface area contributed by atoms with E-state index in [1.165, 1.54) is 29.7 Å². The molecule has 0 unspecified atom stereocenters. The molecule has 42 heavy (non-hydrogen) atoms. The number of allylic oxidation sites excluding steroid dienone is 6. The lowest BCUT2D eigenvalue weighted by molar-refractivity contribution is 0.332. The summed E-state index contributed by atoms with van der Waals surface area (Å²) in [5.74, 6) is 0.888. The molecule has 0 radical (unpaired) electrons. The molecular formula is C35H30N4O3. The number of fused-ring (bicyclic) bond motifs is 1. The largest absolute Gasteiger partial charge is 0.457 e. The molecule has 7 heteroatoms. The number of aryl methyl sites for hydroxylation is 2. The molecule has 1 aromatic heterocycles. The Hall–Kier alpha value is -5.27. The van der Waals surface area contributed by atoms with E-state index in [1.807, 2.05) is 61.5 Å². The minimum Gasteiger partial charge on any atom is -0.457 e. The Bertz CT molecular complexity index is 1840. The molecule has 7 nitrogen and oxygen atoms in total. The van der Waals surface area contributed by atoms with E-state index in [1.54, 1.807) is 30.4 Å². The Morgan fingerprint density at radius 2 is 1.57 bits per heavy atom. The van der Waals surface area contributed by atoms with Crippen molar-refractivity contribution in [1.29, 1.82) is 10.5 Å². The van der Waals surface area contributed by atoms with E-state index in [0.29, 0.717) is 28.2 Å². The van der Waals surface area contributed by atoms with Crippen molar-refractivity contribution in [2.45, 2.75) is 25.7 Å². The summed E-state index contributed by atoms with van der Waals surface area (Å²) in [7, 11) is 3.85. The Kier molecular flexibility index (Phi) is 7.25. The van der Waals surface area contributed by atoms with Gasteiger partial charge in [0.1, 0.15) is 34.8 Å². The first-order chi connectivity index (χ1) is 20.4. The van der Waals surface area contributed by atoms with Crippen molar-refractivity contribution in [2.24, 2.45) is 0 Å². The number of ether oxygens (including phenoxy) is 1. The third-order valence-corrected chi connectivity index (χ3v) is 7.83. The molecule has 208 valence electrons. The molecule has 0 spiro atoms. The fraction of sp³-hybridized carbons (Fsp3) is 0.229. The van der Waals surface area contributed by atoms with Gasteiger partial charge in [0.25, 0.3) is 0 Å². The van der Waals surface area contributed by atoms with E-state index in [2.05, 4.69) is 17.0 Å². The Morgan fingerprint density at radius 3 is 2.21 bits per heavy atom. The van der Waals surface area contributed by atoms with E-state index in [4.69, 9.17) is 9.15 Å². The maximum absolute atomic E-state index is 12.7. The molecule has 0 bridgehead atoms. The van der Waals surface area contributed by atoms with Crippen LogP contribution in [0.1, 0.15) is 35.1 Å². The van der Waals surface area contributed by atoms with Crippen molar-refractivity contribution < 1.29 is 9.15 Å². The molecule has 6 rings (SSSR count). The van der Waals surface area contributed by atoms with Gasteiger partial charge in [-0.15, -0.1) is 0 Å². The van der Waals surface area contributed by atoms with Gasteiger partial charge in [-0.3, -0.25) is 0 Å². The standard InChI is InChI=1S/C35H30N4O3/c1-38(2)30-10-8-24-17-27(35(40)42-33(24)20-30)9-12-32-19-28(29(21-36)22-37)18-31(41-32)11-7-23-15-25-5-3-13-39-14-4-6-26(16-23)34(25)39/h7-12,15-20H,3-6,13-14H2,1-2H3/b11-7+,12-9+. The van der Waals surface area contributed by atoms with E-state index >= 15 is 0 Å². The van der Waals surface area contributed by atoms with Crippen LogP contribution in [0, 0.1) is 22.7 Å². The van der Waals surface area contributed by atoms with Crippen molar-refractivity contribution in [3.63, 3.8) is 0 Å². The molecular weight excluding hydrogens is 524 g/mol. The fourth-order valence-electron chi connectivity index (χ4n) is 5.79. The highest BCUT2D eigenvalue weighted by atomic mass is 16.5. The van der Waals surface area contributed by atoms with Crippen molar-refractivity contribution in [1.82, 2.24) is 0 Å². The predicted molar refractivity (Wildman–Crippen MR) is 166 cm³/mol. The molecule has 3 aromatic rings. The number of hydrogen-bond donors (Lipinski definition) is 0. The van der Waals surface area contributed by atoms with Gasteiger partial charge in [0.15, 0.2) is 0 Å². The maximum Gasteiger partial charge on any atom is 0.343 e. The van der Waals surface area contributed by atoms with Gasteiger partial charge in [-0.05, 0) is 103 Å². The van der Waals surface area contributed by atoms with Gasteiger partial charge < -0.3 is 19.0 Å². The highest BCUT2D eigenvalue weighted by Gasteiger charge is 2.24. The molecule has 0 saturated carbocycles. The number of benzene rings is 2. The summed E-state index contributed by atoms with van der Waals surface area (Å²) in [6.07, 6.45) is 15.0. The van der Waals surface area contributed by atoms with E-state index in [0.717, 1.165) is 42.6 Å². The van der Waals surface area contributed by atoms with E-state index in [9.17, 15) is 15.3 Å². The zero-order chi connectivity index (χ0) is 29.2. The second kappa shape index (κ2) is 11.3. The lowest BCUT2D eigenvalue weighted by atomic mass is 9.90. The second-order valence-corrected chi connectivity index (χ2v) is 10.9. The molecule has 0 N–H and O–H groups in total. The van der Waals surface area contributed by atoms with Gasteiger partial charge >= 0.3 is 5.63 Å². The number of hydrogen-bond acceptors (Lipinski definition) is 7. The molecule has 0 saturated heterocycles. The van der Waals surface area contributed by atoms with Crippen LogP contribution in [0.15, 0.2) is 92.6 Å². The topological polar surface area (TPSA) is 93.5 Å². The molecule has 0 atom stereocenters. The minimum absolute atomic E-state index is 0.0182. The van der Waals surface area contributed by atoms with Gasteiger partial charge in [-0.2, -0.15) is 10.5 Å². The van der Waals surface area contributed by atoms with Crippen molar-refractivity contribution >= 4 is 34.5 Å². The van der Waals surface area contributed by atoms with Crippen LogP contribution in [0.4, 0.5) is 11.4 Å². The number of rotatable bonds is 5. The van der Waals surface area contributed by atoms with Crippen LogP contribution in [0.2, 0.25) is 0 Å². The zero-order valence-corrected chi connectivity index (χ0v) is 23.7. The van der Waals surface area contributed by atoms with Gasteiger partial charge in [0.05, 0.1) is 5.56 Å². The van der Waals surface area contributed by atoms with Gasteiger partial charge in [0, 0.05) is 55.6 Å². The van der Waals surface area contributed by atoms with Crippen molar-refractivity contribution in [3.05, 3.63) is 116 Å². The lowest BCUT2D eigenvalue weighted by Crippen LogP contribution is -2.34. The first kappa shape index (κ1) is 26.9. The predicted octanol–water partition coefficient (Wildman–Crippen LogP) is 6.43. The molecule has 2 aromatic carbocycles. The normalized spacial score (nSPS) is 16.0. The van der Waals surface area contributed by atoms with E-state index < -0.39 is 5.63 Å². The number of anilines is 2. The highest BCUT2D eigenvalue weighted by molar-refractivity contribution is 5.82. The Balaban J connectivity index is 1.29. The summed E-state index contributed by atoms with van der Waals surface area (Å²) in [5.41, 5.74) is 7.06. The van der Waals surface area contributed by atoms with E-state index in [-0.39, 0.29) is 5.57 Å². The summed E-state index contributed by atoms with van der Waals surface area (Å²) in [6.45, 7) is 2.26. The van der Waals surface area contributed by atoms with Gasteiger partial charge in [-0.25, -0.2) is 4.79 Å². The van der Waals surface area contributed by atoms with Crippen LogP contribution in [-0.4, -0.2) is 27.2 Å². The maximum atomic E-state index is 12.7. The van der Waals surface area contributed by atoms with Crippen LogP contribution in [0.5, 0.6) is 0 Å². The average molecular weight is 555 g/mol. The Morgan fingerprint density at radius 1 is 0.905 bits per heavy atom. The summed E-state index contributed by atoms with van der Waals surface area (Å²) in [5, 5.41) is 19.9. The third-order valence-electron chi connectivity index (χ3n) is 7.83. The summed E-state index contributed by atoms with van der Waals surface area (Å²) in [6, 6.07) is 15.9. The quantitative estimate of drug-likeness (QED) is 0.265. The van der Waals surface area contributed by atoms with Crippen LogP contribution in [-0.2, 0) is 17.6 Å². The molecule has 0 fully saturated rings. The number of nitrogens with zero attached hydrogens (tertiary/aromatic N) is 4. The molecule has 0 amide bonds. The number of nitriles is 2. The van der Waals surface area contributed by atoms with Gasteiger partial charge in [-0.1, -0.05) is 6.08 Å².